The fraction of sp³-hybridized carbons (Fsp3) is 0.385. The van der Waals surface area contributed by atoms with E-state index in [2.05, 4.69) is 0 Å². The van der Waals surface area contributed by atoms with Crippen LogP contribution in [0.5, 0.6) is 11.5 Å². The Balaban J connectivity index is 2.20. The Morgan fingerprint density at radius 3 is 2.34 bits per heavy atom. The SMILES string of the molecule is CCCN1C(=O)C(=O)/C(=C(/O)c2cc(C)cc(C)c2OC)C1c1ccc(OC(C)C)cc1. The predicted molar refractivity (Wildman–Crippen MR) is 124 cm³/mol. The van der Waals surface area contributed by atoms with Gasteiger partial charge in [-0.3, -0.25) is 9.59 Å². The van der Waals surface area contributed by atoms with Crippen molar-refractivity contribution in [3.8, 4) is 11.5 Å². The van der Waals surface area contributed by atoms with Crippen LogP contribution in [0.4, 0.5) is 0 Å². The number of ketones is 1. The van der Waals surface area contributed by atoms with Gasteiger partial charge in [-0.1, -0.05) is 25.1 Å². The maximum atomic E-state index is 13.1. The largest absolute Gasteiger partial charge is 0.507 e. The molecule has 1 saturated heterocycles. The molecule has 1 N–H and O–H groups in total. The lowest BCUT2D eigenvalue weighted by atomic mass is 9.93. The molecular weight excluding hydrogens is 406 g/mol. The number of hydrogen-bond acceptors (Lipinski definition) is 5. The minimum atomic E-state index is -0.690. The van der Waals surface area contributed by atoms with E-state index < -0.39 is 17.7 Å². The Bertz CT molecular complexity index is 1050. The molecule has 1 heterocycles. The van der Waals surface area contributed by atoms with Gasteiger partial charge in [0.25, 0.3) is 11.7 Å². The monoisotopic (exact) mass is 437 g/mol. The standard InChI is InChI=1S/C26H31NO5/c1-7-12-27-22(18-8-10-19(11-9-18)32-15(2)3)21(24(29)26(27)30)23(28)20-14-16(4)13-17(5)25(20)31-6/h8-11,13-15,22,28H,7,12H2,1-6H3/b23-21+. The fourth-order valence-corrected chi connectivity index (χ4v) is 4.25. The zero-order valence-electron chi connectivity index (χ0n) is 19.6. The summed E-state index contributed by atoms with van der Waals surface area (Å²) in [7, 11) is 1.52. The lowest BCUT2D eigenvalue weighted by Gasteiger charge is -2.25. The number of carbonyl (C=O) groups is 2. The normalized spacial score (nSPS) is 17.8. The van der Waals surface area contributed by atoms with Crippen LogP contribution in [0.15, 0.2) is 42.0 Å². The number of benzene rings is 2. The van der Waals surface area contributed by atoms with Crippen LogP contribution in [0, 0.1) is 13.8 Å². The van der Waals surface area contributed by atoms with Gasteiger partial charge < -0.3 is 19.5 Å². The number of aliphatic hydroxyl groups is 1. The topological polar surface area (TPSA) is 76.1 Å². The van der Waals surface area contributed by atoms with Crippen LogP contribution in [0.2, 0.25) is 0 Å². The molecule has 1 aliphatic rings. The van der Waals surface area contributed by atoms with Gasteiger partial charge in [0.1, 0.15) is 17.3 Å². The maximum absolute atomic E-state index is 13.1. The first-order chi connectivity index (χ1) is 15.2. The minimum Gasteiger partial charge on any atom is -0.507 e. The number of Topliss-reactive ketones (excluding diaryl/α,β-unsaturated/α-hetero) is 1. The average molecular weight is 438 g/mol. The van der Waals surface area contributed by atoms with Gasteiger partial charge in [-0.15, -0.1) is 0 Å². The van der Waals surface area contributed by atoms with Gasteiger partial charge in [-0.05, 0) is 69.0 Å². The molecule has 0 aromatic heterocycles. The molecule has 6 heteroatoms. The van der Waals surface area contributed by atoms with E-state index in [4.69, 9.17) is 9.47 Å². The number of aliphatic hydroxyl groups excluding tert-OH is 1. The van der Waals surface area contributed by atoms with Crippen molar-refractivity contribution in [2.24, 2.45) is 0 Å². The van der Waals surface area contributed by atoms with Gasteiger partial charge in [0.05, 0.1) is 30.4 Å². The van der Waals surface area contributed by atoms with E-state index in [9.17, 15) is 14.7 Å². The summed E-state index contributed by atoms with van der Waals surface area (Å²) in [4.78, 5) is 27.5. The third-order valence-electron chi connectivity index (χ3n) is 5.45. The number of nitrogens with zero attached hydrogens (tertiary/aromatic N) is 1. The number of aryl methyl sites for hydroxylation is 2. The van der Waals surface area contributed by atoms with Crippen molar-refractivity contribution < 1.29 is 24.2 Å². The molecule has 1 amide bonds. The summed E-state index contributed by atoms with van der Waals surface area (Å²) in [5, 5.41) is 11.3. The highest BCUT2D eigenvalue weighted by Crippen LogP contribution is 2.42. The van der Waals surface area contributed by atoms with Crippen LogP contribution in [0.1, 0.15) is 55.5 Å². The van der Waals surface area contributed by atoms with Gasteiger partial charge >= 0.3 is 0 Å². The molecule has 0 saturated carbocycles. The van der Waals surface area contributed by atoms with E-state index in [-0.39, 0.29) is 17.4 Å². The molecule has 1 atom stereocenters. The maximum Gasteiger partial charge on any atom is 0.295 e. The highest BCUT2D eigenvalue weighted by Gasteiger charge is 2.46. The summed E-state index contributed by atoms with van der Waals surface area (Å²) >= 11 is 0. The molecule has 2 aromatic carbocycles. The van der Waals surface area contributed by atoms with Crippen LogP contribution < -0.4 is 9.47 Å². The van der Waals surface area contributed by atoms with Gasteiger partial charge in [0.2, 0.25) is 0 Å². The minimum absolute atomic E-state index is 0.0311. The fourth-order valence-electron chi connectivity index (χ4n) is 4.25. The van der Waals surface area contributed by atoms with E-state index in [1.165, 1.54) is 12.0 Å². The Morgan fingerprint density at radius 1 is 1.12 bits per heavy atom. The third kappa shape index (κ3) is 4.35. The van der Waals surface area contributed by atoms with Crippen molar-refractivity contribution in [3.05, 3.63) is 64.2 Å². The Labute approximate surface area is 189 Å². The molecule has 1 fully saturated rings. The quantitative estimate of drug-likeness (QED) is 0.378. The van der Waals surface area contributed by atoms with Crippen molar-refractivity contribution in [2.75, 3.05) is 13.7 Å². The summed E-state index contributed by atoms with van der Waals surface area (Å²) in [5.74, 6) is -0.339. The Morgan fingerprint density at radius 2 is 1.78 bits per heavy atom. The van der Waals surface area contributed by atoms with Crippen LogP contribution in [-0.2, 0) is 9.59 Å². The molecule has 0 radical (unpaired) electrons. The van der Waals surface area contributed by atoms with Crippen LogP contribution in [0.3, 0.4) is 0 Å². The number of likely N-dealkylation sites (tertiary alicyclic amines) is 1. The van der Waals surface area contributed by atoms with E-state index >= 15 is 0 Å². The molecule has 1 unspecified atom stereocenters. The van der Waals surface area contributed by atoms with Gasteiger partial charge in [0, 0.05) is 6.54 Å². The Kier molecular flexibility index (Phi) is 6.92. The second kappa shape index (κ2) is 9.47. The number of hydrogen-bond donors (Lipinski definition) is 1. The van der Waals surface area contributed by atoms with Crippen molar-refractivity contribution in [3.63, 3.8) is 0 Å². The number of rotatable bonds is 7. The second-order valence-electron chi connectivity index (χ2n) is 8.39. The molecule has 0 aliphatic carbocycles. The number of amides is 1. The van der Waals surface area contributed by atoms with Crippen molar-refractivity contribution >= 4 is 17.4 Å². The third-order valence-corrected chi connectivity index (χ3v) is 5.45. The number of ether oxygens (including phenoxy) is 2. The first kappa shape index (κ1) is 23.4. The molecule has 2 aromatic rings. The first-order valence-electron chi connectivity index (χ1n) is 10.9. The van der Waals surface area contributed by atoms with Crippen LogP contribution in [-0.4, -0.2) is 41.5 Å². The lowest BCUT2D eigenvalue weighted by molar-refractivity contribution is -0.139. The molecule has 0 bridgehead atoms. The molecule has 32 heavy (non-hydrogen) atoms. The highest BCUT2D eigenvalue weighted by molar-refractivity contribution is 6.46. The predicted octanol–water partition coefficient (Wildman–Crippen LogP) is 4.93. The van der Waals surface area contributed by atoms with Crippen LogP contribution >= 0.6 is 0 Å². The average Bonchev–Trinajstić information content (AvgIpc) is 2.98. The van der Waals surface area contributed by atoms with Gasteiger partial charge in [-0.2, -0.15) is 0 Å². The molecule has 3 rings (SSSR count). The lowest BCUT2D eigenvalue weighted by Crippen LogP contribution is -2.30. The molecule has 170 valence electrons. The van der Waals surface area contributed by atoms with Gasteiger partial charge in [0.15, 0.2) is 0 Å². The van der Waals surface area contributed by atoms with E-state index in [1.807, 2.05) is 65.0 Å². The van der Waals surface area contributed by atoms with E-state index in [0.29, 0.717) is 30.0 Å². The number of methoxy groups -OCH3 is 1. The summed E-state index contributed by atoms with van der Waals surface area (Å²) in [5.41, 5.74) is 2.97. The molecule has 0 spiro atoms. The summed E-state index contributed by atoms with van der Waals surface area (Å²) in [6, 6.07) is 10.3. The summed E-state index contributed by atoms with van der Waals surface area (Å²) in [6.45, 7) is 10.0. The van der Waals surface area contributed by atoms with E-state index in [0.717, 1.165) is 16.7 Å². The summed E-state index contributed by atoms with van der Waals surface area (Å²) in [6.07, 6.45) is 0.717. The highest BCUT2D eigenvalue weighted by atomic mass is 16.5. The van der Waals surface area contributed by atoms with Crippen molar-refractivity contribution in [1.82, 2.24) is 4.90 Å². The van der Waals surface area contributed by atoms with Gasteiger partial charge in [-0.25, -0.2) is 0 Å². The Hall–Kier alpha value is -3.28. The first-order valence-corrected chi connectivity index (χ1v) is 10.9. The molecular formula is C26H31NO5. The second-order valence-corrected chi connectivity index (χ2v) is 8.39. The molecule has 1 aliphatic heterocycles. The zero-order chi connectivity index (χ0) is 23.6. The van der Waals surface area contributed by atoms with Crippen molar-refractivity contribution in [1.29, 1.82) is 0 Å². The van der Waals surface area contributed by atoms with E-state index in [1.54, 1.807) is 6.07 Å². The number of carbonyl (C=O) groups excluding carboxylic acids is 2. The van der Waals surface area contributed by atoms with Crippen molar-refractivity contribution in [2.45, 2.75) is 53.2 Å². The summed E-state index contributed by atoms with van der Waals surface area (Å²) < 4.78 is 11.2. The zero-order valence-corrected chi connectivity index (χ0v) is 19.6. The van der Waals surface area contributed by atoms with Crippen LogP contribution in [0.25, 0.3) is 5.76 Å². The molecule has 6 nitrogen and oxygen atoms in total. The smallest absolute Gasteiger partial charge is 0.295 e.